The fourth-order valence-electron chi connectivity index (χ4n) is 9.62. The van der Waals surface area contributed by atoms with Crippen LogP contribution in [0.4, 0.5) is 0 Å². The number of nitrogens with zero attached hydrogens (tertiary/aromatic N) is 8. The van der Waals surface area contributed by atoms with E-state index in [0.29, 0.717) is 0 Å². The van der Waals surface area contributed by atoms with Crippen LogP contribution in [0.3, 0.4) is 0 Å². The van der Waals surface area contributed by atoms with Gasteiger partial charge in [0.25, 0.3) is 0 Å². The molecule has 0 fully saturated rings. The number of pyridine rings is 6. The number of hydrogen-bond acceptors (Lipinski definition) is 6. The van der Waals surface area contributed by atoms with E-state index < -0.39 is 0 Å². The van der Waals surface area contributed by atoms with Crippen LogP contribution in [0.15, 0.2) is 261 Å². The van der Waals surface area contributed by atoms with Crippen LogP contribution in [0.1, 0.15) is 52.0 Å². The molecule has 1 radical (unpaired) electrons. The fraction of sp³-hybridized carbons (Fsp3) is 0.103. The van der Waals surface area contributed by atoms with Crippen molar-refractivity contribution in [3.63, 3.8) is 0 Å². The largest absolute Gasteiger partial charge is 0.656 e. The average Bonchev–Trinajstić information content (AvgIpc) is 2.12. The van der Waals surface area contributed by atoms with Gasteiger partial charge in [0.1, 0.15) is 0 Å². The maximum atomic E-state index is 4.75. The second kappa shape index (κ2) is 33.5. The predicted molar refractivity (Wildman–Crippen MR) is 361 cm³/mol. The minimum atomic E-state index is 0. The van der Waals surface area contributed by atoms with Gasteiger partial charge in [0.05, 0.1) is 5.69 Å². The van der Waals surface area contributed by atoms with E-state index >= 15 is 0 Å². The number of rotatable bonds is 8. The molecule has 8 aromatic heterocycles. The molecule has 14 rings (SSSR count). The molecule has 0 amide bonds. The van der Waals surface area contributed by atoms with E-state index in [0.717, 1.165) is 112 Å². The zero-order valence-corrected chi connectivity index (χ0v) is 51.5. The van der Waals surface area contributed by atoms with Crippen LogP contribution in [0.2, 0.25) is 0 Å². The summed E-state index contributed by atoms with van der Waals surface area (Å²) in [6.07, 6.45) is 7.23. The summed E-state index contributed by atoms with van der Waals surface area (Å²) >= 11 is 0. The Bertz CT molecular complexity index is 3900. The van der Waals surface area contributed by atoms with E-state index in [-0.39, 0.29) is 69.9 Å². The van der Waals surface area contributed by atoms with Gasteiger partial charge in [-0.05, 0) is 58.9 Å². The number of fused-ring (bicyclic) bond motifs is 2. The van der Waals surface area contributed by atoms with Crippen molar-refractivity contribution in [2.75, 3.05) is 0 Å². The summed E-state index contributed by atoms with van der Waals surface area (Å²) in [5, 5.41) is 2.30. The predicted octanol–water partition coefficient (Wildman–Crippen LogP) is 19.6. The Kier molecular flexibility index (Phi) is 26.4. The number of hydrogen-bond donors (Lipinski definition) is 0. The third kappa shape index (κ3) is 17.0. The maximum Gasteiger partial charge on any atom is 0.0708 e. The van der Waals surface area contributed by atoms with Gasteiger partial charge in [-0.25, -0.2) is 4.98 Å². The second-order valence-electron chi connectivity index (χ2n) is 19.5. The molecular formula is C78H72Ir2N8. The first-order valence-electron chi connectivity index (χ1n) is 27.1. The summed E-state index contributed by atoms with van der Waals surface area (Å²) in [5.41, 5.74) is 22.3. The van der Waals surface area contributed by atoms with Crippen molar-refractivity contribution in [3.05, 3.63) is 302 Å². The first-order valence-corrected chi connectivity index (χ1v) is 27.1. The molecule has 8 nitrogen and oxygen atoms in total. The van der Waals surface area contributed by atoms with E-state index in [2.05, 4.69) is 124 Å². The topological polar surface area (TPSA) is 106 Å². The molecule has 0 aliphatic carbocycles. The first kappa shape index (κ1) is 69.4. The summed E-state index contributed by atoms with van der Waals surface area (Å²) in [4.78, 5) is 36.5. The van der Waals surface area contributed by atoms with Crippen LogP contribution in [-0.4, -0.2) is 29.9 Å². The maximum absolute atomic E-state index is 4.75. The van der Waals surface area contributed by atoms with Gasteiger partial charge in [-0.3, -0.25) is 24.9 Å². The quantitative estimate of drug-likeness (QED) is 0.139. The van der Waals surface area contributed by atoms with Crippen LogP contribution in [-0.2, 0) is 40.2 Å². The van der Waals surface area contributed by atoms with E-state index in [1.54, 1.807) is 0 Å². The van der Waals surface area contributed by atoms with Gasteiger partial charge in [0.15, 0.2) is 0 Å². The van der Waals surface area contributed by atoms with Crippen molar-refractivity contribution in [1.29, 1.82) is 0 Å². The van der Waals surface area contributed by atoms with Crippen LogP contribution in [0, 0.1) is 45.9 Å². The molecule has 6 aromatic carbocycles. The normalized spacial score (nSPS) is 9.95. The van der Waals surface area contributed by atoms with Gasteiger partial charge in [0.2, 0.25) is 0 Å². The molecule has 0 aliphatic heterocycles. The minimum absolute atomic E-state index is 0. The van der Waals surface area contributed by atoms with Crippen LogP contribution < -0.4 is 9.97 Å². The Hall–Kier alpha value is -9.40. The van der Waals surface area contributed by atoms with Crippen molar-refractivity contribution in [3.8, 4) is 90.3 Å². The average molecular weight is 1510 g/mol. The number of para-hydroxylation sites is 2. The molecule has 0 saturated carbocycles. The van der Waals surface area contributed by atoms with Crippen LogP contribution >= 0.6 is 0 Å². The third-order valence-electron chi connectivity index (χ3n) is 13.6. The monoisotopic (exact) mass is 1510 g/mol. The molecule has 10 heteroatoms. The Labute approximate surface area is 547 Å². The van der Waals surface area contributed by atoms with E-state index in [4.69, 9.17) is 9.97 Å². The van der Waals surface area contributed by atoms with Crippen molar-refractivity contribution >= 4 is 21.8 Å². The SMILES string of the molecule is C.C.C.C.Cc1cc(C)c(-c2ccccn2)[c-]c1-c1ccccn1.Cc1cc(C)c(-c2ccccn2)[c-]c1-c1ccccn1.[Ir+3].[IrH+2].[c-]1ccccc1-c1cccc(-c2cc3ccccc3[n-]2)n1.c1ccc(-c2cccc(-c3cc4ccccc4[n-]3)n2)cc1. The van der Waals surface area contributed by atoms with Crippen molar-refractivity contribution in [2.24, 2.45) is 0 Å². The van der Waals surface area contributed by atoms with Gasteiger partial charge in [-0.15, -0.1) is 105 Å². The molecule has 0 N–H and O–H groups in total. The summed E-state index contributed by atoms with van der Waals surface area (Å²) in [5.74, 6) is 0. The van der Waals surface area contributed by atoms with Gasteiger partial charge in [-0.1, -0.05) is 237 Å². The van der Waals surface area contributed by atoms with Gasteiger partial charge < -0.3 is 9.97 Å². The molecule has 442 valence electrons. The zero-order chi connectivity index (χ0) is 56.0. The Morgan fingerprint density at radius 3 is 1.03 bits per heavy atom. The molecule has 14 aromatic rings. The molecule has 8 heterocycles. The van der Waals surface area contributed by atoms with Crippen molar-refractivity contribution in [2.45, 2.75) is 57.4 Å². The molecule has 0 aliphatic rings. The van der Waals surface area contributed by atoms with E-state index in [1.165, 1.54) is 22.3 Å². The smallest absolute Gasteiger partial charge is 0.0708 e. The Morgan fingerprint density at radius 1 is 0.318 bits per heavy atom. The molecule has 0 bridgehead atoms. The third-order valence-corrected chi connectivity index (χ3v) is 13.6. The summed E-state index contributed by atoms with van der Waals surface area (Å²) in [6, 6.07) is 88.8. The van der Waals surface area contributed by atoms with Gasteiger partial charge >= 0.3 is 40.2 Å². The van der Waals surface area contributed by atoms with E-state index in [9.17, 15) is 0 Å². The summed E-state index contributed by atoms with van der Waals surface area (Å²) < 4.78 is 0. The first-order chi connectivity index (χ1) is 40.3. The molecular weight excluding hydrogens is 1430 g/mol. The molecule has 0 saturated heterocycles. The molecule has 0 unspecified atom stereocenters. The van der Waals surface area contributed by atoms with Crippen LogP contribution in [0.25, 0.3) is 112 Å². The molecule has 88 heavy (non-hydrogen) atoms. The minimum Gasteiger partial charge on any atom is -0.656 e. The number of aromatic nitrogens is 8. The van der Waals surface area contributed by atoms with Gasteiger partial charge in [0, 0.05) is 64.5 Å². The summed E-state index contributed by atoms with van der Waals surface area (Å²) in [6.45, 7) is 8.37. The van der Waals surface area contributed by atoms with Crippen molar-refractivity contribution in [1.82, 2.24) is 39.9 Å². The fourth-order valence-corrected chi connectivity index (χ4v) is 9.62. The van der Waals surface area contributed by atoms with E-state index in [1.807, 2.05) is 213 Å². The van der Waals surface area contributed by atoms with Crippen LogP contribution in [0.5, 0.6) is 0 Å². The molecule has 0 spiro atoms. The molecule has 0 atom stereocenters. The summed E-state index contributed by atoms with van der Waals surface area (Å²) in [7, 11) is 0. The number of benzene rings is 6. The number of aryl methyl sites for hydroxylation is 4. The Morgan fingerprint density at radius 2 is 0.659 bits per heavy atom. The standard InChI is InChI=1S/C19H13N2.C19H12N2.2C18H15N2.4CH4.2Ir.H/c2*1-2-7-14(8-3-1)16-11-6-12-18(20-16)19-13-15-9-4-5-10-17(15)21-19;2*1-13-11-14(2)16(18-8-4-6-10-20-18)12-15(13)17-7-3-5-9-19-17;;;;;;;/h1-13H;1-7,9-13H;2*3-11H,1-2H3;4*1H4;;;/q-1;-2;2*-1;;;;;+2;+3;. The van der Waals surface area contributed by atoms with Crippen molar-refractivity contribution < 1.29 is 40.2 Å². The van der Waals surface area contributed by atoms with Gasteiger partial charge in [-0.2, -0.15) is 0 Å². The Balaban J connectivity index is 0.000000209. The zero-order valence-electron chi connectivity index (χ0n) is 46.6. The second-order valence-corrected chi connectivity index (χ2v) is 19.5.